The van der Waals surface area contributed by atoms with E-state index in [1.54, 1.807) is 31.2 Å². The number of anilines is 1. The predicted molar refractivity (Wildman–Crippen MR) is 93.0 cm³/mol. The van der Waals surface area contributed by atoms with Crippen LogP contribution in [0.1, 0.15) is 24.1 Å². The highest BCUT2D eigenvalue weighted by molar-refractivity contribution is 5.95. The van der Waals surface area contributed by atoms with Crippen molar-refractivity contribution in [3.8, 4) is 0 Å². The van der Waals surface area contributed by atoms with Crippen LogP contribution in [0.4, 0.5) is 10.1 Å². The number of benzene rings is 1. The molecule has 0 spiro atoms. The molecule has 0 saturated carbocycles. The van der Waals surface area contributed by atoms with E-state index < -0.39 is 5.41 Å². The van der Waals surface area contributed by atoms with Gasteiger partial charge in [0, 0.05) is 18.9 Å². The Balaban J connectivity index is 1.85. The molecule has 0 atom stereocenters. The lowest BCUT2D eigenvalue weighted by molar-refractivity contribution is -0.131. The highest BCUT2D eigenvalue weighted by Crippen LogP contribution is 2.35. The third-order valence-electron chi connectivity index (χ3n) is 4.69. The molecule has 2 aromatic rings. The van der Waals surface area contributed by atoms with Crippen LogP contribution in [-0.2, 0) is 16.0 Å². The van der Waals surface area contributed by atoms with Gasteiger partial charge in [-0.15, -0.1) is 0 Å². The molecule has 0 radical (unpaired) electrons. The van der Waals surface area contributed by atoms with Gasteiger partial charge in [0.1, 0.15) is 11.5 Å². The lowest BCUT2D eigenvalue weighted by Crippen LogP contribution is -2.43. The van der Waals surface area contributed by atoms with Gasteiger partial charge in [-0.2, -0.15) is 0 Å². The van der Waals surface area contributed by atoms with Crippen molar-refractivity contribution in [2.24, 2.45) is 5.41 Å². The Morgan fingerprint density at radius 2 is 1.88 bits per heavy atom. The number of halogens is 1. The van der Waals surface area contributed by atoms with E-state index in [4.69, 9.17) is 4.74 Å². The Morgan fingerprint density at radius 1 is 1.20 bits per heavy atom. The number of carbonyl (C=O) groups excluding carboxylic acids is 1. The summed E-state index contributed by atoms with van der Waals surface area (Å²) >= 11 is 0. The van der Waals surface area contributed by atoms with E-state index in [2.05, 4.69) is 10.3 Å². The maximum absolute atomic E-state index is 13.1. The van der Waals surface area contributed by atoms with Crippen molar-refractivity contribution in [3.63, 3.8) is 0 Å². The largest absolute Gasteiger partial charge is 0.381 e. The van der Waals surface area contributed by atoms with E-state index in [0.717, 1.165) is 11.3 Å². The minimum atomic E-state index is -0.673. The number of hydrogen-bond donors (Lipinski definition) is 2. The second-order valence-electron chi connectivity index (χ2n) is 6.53. The van der Waals surface area contributed by atoms with Crippen LogP contribution in [-0.4, -0.2) is 24.1 Å². The van der Waals surface area contributed by atoms with Crippen molar-refractivity contribution < 1.29 is 13.9 Å². The van der Waals surface area contributed by atoms with Gasteiger partial charge in [0.2, 0.25) is 5.91 Å². The summed E-state index contributed by atoms with van der Waals surface area (Å²) in [6, 6.07) is 9.53. The average Bonchev–Trinajstić information content (AvgIpc) is 2.60. The second-order valence-corrected chi connectivity index (χ2v) is 6.53. The summed E-state index contributed by atoms with van der Waals surface area (Å²) < 4.78 is 18.6. The van der Waals surface area contributed by atoms with Crippen LogP contribution in [0.5, 0.6) is 0 Å². The molecule has 1 amide bonds. The molecule has 0 unspecified atom stereocenters. The third-order valence-corrected chi connectivity index (χ3v) is 4.69. The highest BCUT2D eigenvalue weighted by Gasteiger charge is 2.40. The normalized spacial score (nSPS) is 16.4. The first-order chi connectivity index (χ1) is 12.0. The molecular formula is C19H21FN2O3. The molecule has 1 aromatic heterocycles. The fourth-order valence-electron chi connectivity index (χ4n) is 3.16. The molecule has 0 aliphatic carbocycles. The minimum Gasteiger partial charge on any atom is -0.381 e. The number of amides is 1. The minimum absolute atomic E-state index is 0.200. The fourth-order valence-corrected chi connectivity index (χ4v) is 3.16. The number of H-pyrrole nitrogens is 1. The van der Waals surface area contributed by atoms with Crippen LogP contribution in [0.25, 0.3) is 0 Å². The molecule has 1 aliphatic heterocycles. The first-order valence-corrected chi connectivity index (χ1v) is 8.32. The monoisotopic (exact) mass is 344 g/mol. The van der Waals surface area contributed by atoms with Crippen molar-refractivity contribution >= 4 is 11.6 Å². The topological polar surface area (TPSA) is 71.2 Å². The number of aromatic nitrogens is 1. The lowest BCUT2D eigenvalue weighted by atomic mass is 9.74. The summed E-state index contributed by atoms with van der Waals surface area (Å²) in [6.45, 7) is 2.75. The maximum atomic E-state index is 13.1. The van der Waals surface area contributed by atoms with Crippen LogP contribution in [0.2, 0.25) is 0 Å². The summed E-state index contributed by atoms with van der Waals surface area (Å²) in [5.41, 5.74) is 0.859. The SMILES string of the molecule is Cc1ccc(NC(=O)C2(Cc3ccc(F)cc3)CCOCC2)c(=O)[nH]1. The van der Waals surface area contributed by atoms with E-state index in [1.165, 1.54) is 12.1 Å². The first kappa shape index (κ1) is 17.4. The molecule has 25 heavy (non-hydrogen) atoms. The molecule has 1 aliphatic rings. The number of hydrogen-bond acceptors (Lipinski definition) is 3. The van der Waals surface area contributed by atoms with Crippen LogP contribution in [0.3, 0.4) is 0 Å². The Kier molecular flexibility index (Phi) is 4.99. The van der Waals surface area contributed by atoms with E-state index >= 15 is 0 Å². The van der Waals surface area contributed by atoms with Crippen molar-refractivity contribution in [3.05, 3.63) is 63.8 Å². The fraction of sp³-hybridized carbons (Fsp3) is 0.368. The number of aryl methyl sites for hydroxylation is 1. The quantitative estimate of drug-likeness (QED) is 0.896. The predicted octanol–water partition coefficient (Wildman–Crippen LogP) is 2.80. The van der Waals surface area contributed by atoms with E-state index in [0.29, 0.717) is 32.5 Å². The number of rotatable bonds is 4. The molecule has 1 fully saturated rings. The van der Waals surface area contributed by atoms with Gasteiger partial charge in [-0.3, -0.25) is 9.59 Å². The summed E-state index contributed by atoms with van der Waals surface area (Å²) in [6.07, 6.45) is 1.59. The van der Waals surface area contributed by atoms with Gasteiger partial charge >= 0.3 is 0 Å². The number of nitrogens with one attached hydrogen (secondary N) is 2. The molecule has 5 nitrogen and oxygen atoms in total. The van der Waals surface area contributed by atoms with Crippen molar-refractivity contribution in [2.45, 2.75) is 26.2 Å². The molecule has 1 saturated heterocycles. The Hall–Kier alpha value is -2.47. The van der Waals surface area contributed by atoms with Crippen LogP contribution in [0.15, 0.2) is 41.2 Å². The first-order valence-electron chi connectivity index (χ1n) is 8.32. The summed E-state index contributed by atoms with van der Waals surface area (Å²) in [5.74, 6) is -0.505. The van der Waals surface area contributed by atoms with Crippen LogP contribution >= 0.6 is 0 Å². The molecule has 2 heterocycles. The molecule has 0 bridgehead atoms. The van der Waals surface area contributed by atoms with Gasteiger partial charge in [-0.05, 0) is 56.0 Å². The van der Waals surface area contributed by atoms with Crippen molar-refractivity contribution in [1.82, 2.24) is 4.98 Å². The molecule has 3 rings (SSSR count). The summed E-state index contributed by atoms with van der Waals surface area (Å²) in [4.78, 5) is 27.7. The van der Waals surface area contributed by atoms with E-state index in [1.807, 2.05) is 0 Å². The standard InChI is InChI=1S/C19H21FN2O3/c1-13-2-7-16(17(23)21-13)22-18(24)19(8-10-25-11-9-19)12-14-3-5-15(20)6-4-14/h2-7H,8-12H2,1H3,(H,21,23)(H,22,24). The van der Waals surface area contributed by atoms with Crippen LogP contribution in [0, 0.1) is 18.2 Å². The van der Waals surface area contributed by atoms with Crippen molar-refractivity contribution in [2.75, 3.05) is 18.5 Å². The van der Waals surface area contributed by atoms with E-state index in [9.17, 15) is 14.0 Å². The Bertz CT molecular complexity index is 808. The van der Waals surface area contributed by atoms with Gasteiger partial charge in [-0.1, -0.05) is 12.1 Å². The highest BCUT2D eigenvalue weighted by atomic mass is 19.1. The number of carbonyl (C=O) groups is 1. The number of pyridine rings is 1. The zero-order chi connectivity index (χ0) is 17.9. The van der Waals surface area contributed by atoms with Crippen molar-refractivity contribution in [1.29, 1.82) is 0 Å². The van der Waals surface area contributed by atoms with Gasteiger partial charge in [0.15, 0.2) is 0 Å². The molecule has 6 heteroatoms. The van der Waals surface area contributed by atoms with Gasteiger partial charge in [0.25, 0.3) is 5.56 Å². The van der Waals surface area contributed by atoms with Gasteiger partial charge < -0.3 is 15.0 Å². The second kappa shape index (κ2) is 7.19. The zero-order valence-corrected chi connectivity index (χ0v) is 14.1. The number of aromatic amines is 1. The zero-order valence-electron chi connectivity index (χ0n) is 14.1. The lowest BCUT2D eigenvalue weighted by Gasteiger charge is -2.35. The smallest absolute Gasteiger partial charge is 0.271 e. The van der Waals surface area contributed by atoms with Gasteiger partial charge in [-0.25, -0.2) is 4.39 Å². The molecule has 132 valence electrons. The maximum Gasteiger partial charge on any atom is 0.271 e. The Labute approximate surface area is 145 Å². The van der Waals surface area contributed by atoms with Gasteiger partial charge in [0.05, 0.1) is 5.41 Å². The summed E-state index contributed by atoms with van der Waals surface area (Å²) in [7, 11) is 0. The Morgan fingerprint density at radius 3 is 2.52 bits per heavy atom. The molecular weight excluding hydrogens is 323 g/mol. The van der Waals surface area contributed by atoms with Crippen LogP contribution < -0.4 is 10.9 Å². The van der Waals surface area contributed by atoms with E-state index in [-0.39, 0.29) is 23.0 Å². The average molecular weight is 344 g/mol. The molecule has 2 N–H and O–H groups in total. The number of ether oxygens (including phenoxy) is 1. The summed E-state index contributed by atoms with van der Waals surface area (Å²) in [5, 5.41) is 2.77. The molecule has 1 aromatic carbocycles. The third kappa shape index (κ3) is 3.96.